The van der Waals surface area contributed by atoms with E-state index in [1.807, 2.05) is 46.6 Å². The number of nitrogens with zero attached hydrogens (tertiary/aromatic N) is 6. The minimum atomic E-state index is -4.68. The Labute approximate surface area is 259 Å². The highest BCUT2D eigenvalue weighted by Crippen LogP contribution is 2.45. The highest BCUT2D eigenvalue weighted by Gasteiger charge is 2.53. The number of rotatable bonds is 11. The fourth-order valence-electron chi connectivity index (χ4n) is 3.89. The smallest absolute Gasteiger partial charge is 0.429 e. The number of nitrogens with one attached hydrogen (secondary N) is 2. The summed E-state index contributed by atoms with van der Waals surface area (Å²) in [4.78, 5) is 71.5. The summed E-state index contributed by atoms with van der Waals surface area (Å²) >= 11 is 4.31. The van der Waals surface area contributed by atoms with E-state index in [0.717, 1.165) is 27.9 Å². The number of carbonyl (C=O) groups is 3. The van der Waals surface area contributed by atoms with Gasteiger partial charge in [-0.25, -0.2) is 14.1 Å². The van der Waals surface area contributed by atoms with Gasteiger partial charge < -0.3 is 29.8 Å². The van der Waals surface area contributed by atoms with E-state index in [4.69, 9.17) is 14.6 Å². The number of hydrogen-bond acceptors (Lipinski definition) is 14. The predicted octanol–water partition coefficient (Wildman–Crippen LogP) is -0.115. The van der Waals surface area contributed by atoms with Crippen LogP contribution in [0.4, 0.5) is 5.13 Å². The van der Waals surface area contributed by atoms with Crippen molar-refractivity contribution in [1.29, 1.82) is 0 Å². The number of hydrogen-bond donors (Lipinski definition) is 4. The number of aromatic nitrogens is 4. The molecule has 0 aromatic carbocycles. The lowest BCUT2D eigenvalue weighted by Crippen LogP contribution is -2.71. The van der Waals surface area contributed by atoms with E-state index in [2.05, 4.69) is 24.8 Å². The second-order valence-corrected chi connectivity index (χ2v) is 14.1. The van der Waals surface area contributed by atoms with Crippen molar-refractivity contribution in [2.24, 2.45) is 12.2 Å². The van der Waals surface area contributed by atoms with Crippen LogP contribution in [0.1, 0.15) is 12.7 Å². The van der Waals surface area contributed by atoms with Crippen molar-refractivity contribution in [3.8, 4) is 11.3 Å². The Morgan fingerprint density at radius 3 is 2.74 bits per heavy atom. The van der Waals surface area contributed by atoms with Crippen LogP contribution in [-0.4, -0.2) is 76.3 Å². The molecule has 21 heteroatoms. The van der Waals surface area contributed by atoms with Gasteiger partial charge in [0.1, 0.15) is 25.1 Å². The van der Waals surface area contributed by atoms with Crippen LogP contribution in [0.25, 0.3) is 11.3 Å². The van der Waals surface area contributed by atoms with E-state index in [1.54, 1.807) is 6.92 Å². The van der Waals surface area contributed by atoms with Gasteiger partial charge in [0, 0.05) is 45.3 Å². The monoisotopic (exact) mass is 684 g/mol. The van der Waals surface area contributed by atoms with E-state index in [9.17, 15) is 24.1 Å². The Balaban J connectivity index is 1.31. The highest BCUT2D eigenvalue weighted by atomic mass is 32.2. The van der Waals surface area contributed by atoms with Gasteiger partial charge in [-0.2, -0.15) is 9.36 Å². The molecule has 1 fully saturated rings. The molecule has 2 amide bonds. The quantitative estimate of drug-likeness (QED) is 0.0680. The number of carbonyl (C=O) groups excluding carboxylic acids is 3. The molecule has 5 heterocycles. The topological polar surface area (TPSA) is 223 Å². The van der Waals surface area contributed by atoms with Crippen LogP contribution < -0.4 is 20.1 Å². The van der Waals surface area contributed by atoms with Crippen LogP contribution in [0, 0.1) is 0 Å². The number of anilines is 1. The standard InChI is InChI=1S/C22H21N8O8PS4/c1-3-38-26-13(16-25-21(43-28-16)27-39(35,36)37)17(31)24-14-18(32)30-15(20(33)34)12(9-40-19(14)30)42-22-23-11(8-41-22)10-4-6-29(2)7-5-10/h4-8,14,19H,3,9H2,1-2H3,(H4-,24,25,27,28,31,33,34,35,36,37)/t14-,19-/m1/s1. The van der Waals surface area contributed by atoms with Crippen molar-refractivity contribution in [2.75, 3.05) is 17.4 Å². The molecule has 0 unspecified atom stereocenters. The van der Waals surface area contributed by atoms with Crippen LogP contribution >= 0.6 is 54.1 Å². The zero-order valence-corrected chi connectivity index (χ0v) is 26.2. The molecular weight excluding hydrogens is 664 g/mol. The normalized spacial score (nSPS) is 18.7. The molecule has 226 valence electrons. The van der Waals surface area contributed by atoms with E-state index < -0.39 is 42.7 Å². The highest BCUT2D eigenvalue weighted by molar-refractivity contribution is 8.07. The number of aliphatic carboxylic acids is 1. The lowest BCUT2D eigenvalue weighted by atomic mass is 10.0. The Morgan fingerprint density at radius 1 is 1.33 bits per heavy atom. The van der Waals surface area contributed by atoms with Gasteiger partial charge in [-0.15, -0.1) is 23.1 Å². The number of thiazole rings is 1. The third-order valence-corrected chi connectivity index (χ3v) is 10.5. The van der Waals surface area contributed by atoms with Crippen molar-refractivity contribution in [3.05, 3.63) is 46.3 Å². The Kier molecular flexibility index (Phi) is 9.16. The molecule has 0 radical (unpaired) electrons. The third-order valence-electron chi connectivity index (χ3n) is 5.76. The minimum Gasteiger partial charge on any atom is -0.543 e. The van der Waals surface area contributed by atoms with E-state index in [-0.39, 0.29) is 29.0 Å². The number of oxime groups is 1. The second-order valence-electron chi connectivity index (χ2n) is 8.71. The lowest BCUT2D eigenvalue weighted by Gasteiger charge is -2.50. The Hall–Kier alpha value is -3.39. The molecule has 16 nitrogen and oxygen atoms in total. The maximum Gasteiger partial charge on any atom is 0.429 e. The molecule has 2 atom stereocenters. The molecule has 0 spiro atoms. The van der Waals surface area contributed by atoms with Crippen LogP contribution in [0.3, 0.4) is 0 Å². The number of carboxylic acids is 1. The zero-order valence-electron chi connectivity index (χ0n) is 22.1. The molecule has 3 aromatic heterocycles. The van der Waals surface area contributed by atoms with Crippen LogP contribution in [0.15, 0.2) is 50.0 Å². The van der Waals surface area contributed by atoms with Gasteiger partial charge in [0.25, 0.3) is 11.8 Å². The average Bonchev–Trinajstić information content (AvgIpc) is 3.60. The molecule has 0 aliphatic carbocycles. The summed E-state index contributed by atoms with van der Waals surface area (Å²) in [5.74, 6) is -3.19. The van der Waals surface area contributed by atoms with E-state index in [1.165, 1.54) is 23.1 Å². The molecule has 2 aliphatic rings. The van der Waals surface area contributed by atoms with Crippen molar-refractivity contribution in [1.82, 2.24) is 24.6 Å². The van der Waals surface area contributed by atoms with Crippen LogP contribution in [0.5, 0.6) is 0 Å². The van der Waals surface area contributed by atoms with Gasteiger partial charge in [0.05, 0.1) is 17.4 Å². The third kappa shape index (κ3) is 6.90. The summed E-state index contributed by atoms with van der Waals surface area (Å²) < 4.78 is 17.6. The average molecular weight is 685 g/mol. The van der Waals surface area contributed by atoms with Gasteiger partial charge in [0.2, 0.25) is 16.7 Å². The number of carboxylic acid groups (broad SMARTS) is 1. The summed E-state index contributed by atoms with van der Waals surface area (Å²) in [5, 5.41) is 21.1. The molecule has 3 aromatic rings. The molecule has 0 bridgehead atoms. The zero-order chi connectivity index (χ0) is 30.9. The molecule has 0 saturated carbocycles. The van der Waals surface area contributed by atoms with E-state index in [0.29, 0.717) is 20.8 Å². The SMILES string of the molecule is CCON=C(C(=O)N[C@@H]1C(=O)N2C(C(=O)[O-])=C(Sc3nc(-c4cc[n+](C)cc4)cs3)CS[C@H]12)c1nsc(NP(=O)(O)O)n1. The largest absolute Gasteiger partial charge is 0.543 e. The maximum absolute atomic E-state index is 13.1. The molecule has 1 saturated heterocycles. The Morgan fingerprint density at radius 2 is 2.07 bits per heavy atom. The van der Waals surface area contributed by atoms with Crippen molar-refractivity contribution in [2.45, 2.75) is 22.7 Å². The van der Waals surface area contributed by atoms with Gasteiger partial charge in [-0.3, -0.25) is 19.6 Å². The summed E-state index contributed by atoms with van der Waals surface area (Å²) in [6.07, 6.45) is 3.78. The number of β-lactam (4-membered cyclic amide) rings is 1. The minimum absolute atomic E-state index is 0.0774. The molecule has 2 aliphatic heterocycles. The molecule has 5 rings (SSSR count). The summed E-state index contributed by atoms with van der Waals surface area (Å²) in [7, 11) is -2.78. The first-order chi connectivity index (χ1) is 20.4. The number of aryl methyl sites for hydroxylation is 1. The maximum atomic E-state index is 13.1. The fraction of sp³-hybridized carbons (Fsp3) is 0.273. The number of fused-ring (bicyclic) bond motifs is 1. The molecule has 4 N–H and O–H groups in total. The van der Waals surface area contributed by atoms with Gasteiger partial charge >= 0.3 is 7.75 Å². The second kappa shape index (κ2) is 12.7. The molecule has 43 heavy (non-hydrogen) atoms. The van der Waals surface area contributed by atoms with Crippen molar-refractivity contribution < 1.29 is 43.2 Å². The van der Waals surface area contributed by atoms with Gasteiger partial charge in [0.15, 0.2) is 16.7 Å². The Bertz CT molecular complexity index is 1690. The summed E-state index contributed by atoms with van der Waals surface area (Å²) in [6, 6.07) is 2.72. The molecular formula is C22H21N8O8PS4. The first kappa shape index (κ1) is 31.0. The van der Waals surface area contributed by atoms with Crippen molar-refractivity contribution >= 4 is 82.8 Å². The van der Waals surface area contributed by atoms with Gasteiger partial charge in [-0.05, 0) is 6.92 Å². The lowest BCUT2D eigenvalue weighted by molar-refractivity contribution is -0.671. The van der Waals surface area contributed by atoms with Crippen LogP contribution in [-0.2, 0) is 30.8 Å². The summed E-state index contributed by atoms with van der Waals surface area (Å²) in [6.45, 7) is 1.69. The summed E-state index contributed by atoms with van der Waals surface area (Å²) in [5.41, 5.74) is 0.906. The fourth-order valence-corrected chi connectivity index (χ4v) is 8.59. The van der Waals surface area contributed by atoms with Crippen molar-refractivity contribution in [3.63, 3.8) is 0 Å². The number of thioether (sulfide) groups is 2. The predicted molar refractivity (Wildman–Crippen MR) is 155 cm³/mol. The number of pyridine rings is 1. The van der Waals surface area contributed by atoms with Crippen LogP contribution in [0.2, 0.25) is 0 Å². The van der Waals surface area contributed by atoms with Gasteiger partial charge in [-0.1, -0.05) is 16.9 Å². The first-order valence-electron chi connectivity index (χ1n) is 12.1. The van der Waals surface area contributed by atoms with E-state index >= 15 is 0 Å². The number of amides is 2. The first-order valence-corrected chi connectivity index (χ1v) is 17.2.